The van der Waals surface area contributed by atoms with E-state index >= 15 is 0 Å². The van der Waals surface area contributed by atoms with Crippen molar-refractivity contribution in [3.8, 4) is 0 Å². The van der Waals surface area contributed by atoms with Crippen LogP contribution in [0.3, 0.4) is 0 Å². The third kappa shape index (κ3) is 7.45. The molecule has 88 valence electrons. The molecule has 1 atom stereocenters. The second-order valence-electron chi connectivity index (χ2n) is 3.42. The maximum Gasteiger partial charge on any atom is 0.333 e. The van der Waals surface area contributed by atoms with Crippen LogP contribution in [0, 0.1) is 0 Å². The van der Waals surface area contributed by atoms with Gasteiger partial charge in [-0.1, -0.05) is 13.0 Å². The topological polar surface area (TPSA) is 38.3 Å². The minimum atomic E-state index is -0.255. The summed E-state index contributed by atoms with van der Waals surface area (Å²) >= 11 is 1.87. The Bertz CT molecular complexity index is 217. The molecule has 0 aliphatic carbocycles. The lowest BCUT2D eigenvalue weighted by Crippen LogP contribution is -2.18. The quantitative estimate of drug-likeness (QED) is 0.412. The van der Waals surface area contributed by atoms with Gasteiger partial charge < -0.3 is 10.1 Å². The van der Waals surface area contributed by atoms with Crippen LogP contribution in [-0.2, 0) is 9.53 Å². The Morgan fingerprint density at radius 3 is 2.80 bits per heavy atom. The fourth-order valence-electron chi connectivity index (χ4n) is 0.995. The Kier molecular flexibility index (Phi) is 8.52. The van der Waals surface area contributed by atoms with E-state index in [0.717, 1.165) is 19.5 Å². The summed E-state index contributed by atoms with van der Waals surface area (Å²) in [4.78, 5) is 11.0. The zero-order valence-electron chi connectivity index (χ0n) is 10.0. The second-order valence-corrected chi connectivity index (χ2v) is 4.69. The summed E-state index contributed by atoms with van der Waals surface area (Å²) in [7, 11) is 1.40. The van der Waals surface area contributed by atoms with Gasteiger partial charge in [0.1, 0.15) is 0 Å². The SMILES string of the molecule is COC(=O)C(C)=CCNCCC(C)SC. The molecule has 0 heterocycles. The van der Waals surface area contributed by atoms with Gasteiger partial charge in [0.15, 0.2) is 0 Å². The van der Waals surface area contributed by atoms with E-state index in [-0.39, 0.29) is 5.97 Å². The minimum absolute atomic E-state index is 0.255. The molecule has 15 heavy (non-hydrogen) atoms. The maximum absolute atomic E-state index is 11.0. The number of hydrogen-bond donors (Lipinski definition) is 1. The Hall–Kier alpha value is -0.480. The van der Waals surface area contributed by atoms with Gasteiger partial charge >= 0.3 is 5.97 Å². The van der Waals surface area contributed by atoms with Gasteiger partial charge in [0, 0.05) is 17.4 Å². The van der Waals surface area contributed by atoms with E-state index in [2.05, 4.69) is 23.2 Å². The molecule has 0 aromatic heterocycles. The lowest BCUT2D eigenvalue weighted by Gasteiger charge is -2.07. The van der Waals surface area contributed by atoms with Crippen molar-refractivity contribution in [1.29, 1.82) is 0 Å². The van der Waals surface area contributed by atoms with E-state index in [9.17, 15) is 4.79 Å². The molecule has 0 saturated heterocycles. The van der Waals surface area contributed by atoms with Crippen LogP contribution in [0.5, 0.6) is 0 Å². The Morgan fingerprint density at radius 2 is 2.27 bits per heavy atom. The molecule has 0 spiro atoms. The molecular weight excluding hydrogens is 210 g/mol. The lowest BCUT2D eigenvalue weighted by molar-refractivity contribution is -0.136. The average Bonchev–Trinajstić information content (AvgIpc) is 2.26. The van der Waals surface area contributed by atoms with Crippen molar-refractivity contribution in [3.63, 3.8) is 0 Å². The molecule has 0 aromatic rings. The molecular formula is C11H21NO2S. The van der Waals surface area contributed by atoms with Gasteiger partial charge in [0.2, 0.25) is 0 Å². The molecule has 3 nitrogen and oxygen atoms in total. The summed E-state index contributed by atoms with van der Waals surface area (Å²) in [5.41, 5.74) is 0.655. The zero-order chi connectivity index (χ0) is 11.7. The zero-order valence-corrected chi connectivity index (χ0v) is 10.8. The average molecular weight is 231 g/mol. The smallest absolute Gasteiger partial charge is 0.333 e. The van der Waals surface area contributed by atoms with Crippen LogP contribution in [0.25, 0.3) is 0 Å². The van der Waals surface area contributed by atoms with Crippen LogP contribution < -0.4 is 5.32 Å². The highest BCUT2D eigenvalue weighted by molar-refractivity contribution is 7.99. The molecule has 4 heteroatoms. The van der Waals surface area contributed by atoms with Crippen molar-refractivity contribution < 1.29 is 9.53 Å². The van der Waals surface area contributed by atoms with Crippen LogP contribution in [0.15, 0.2) is 11.6 Å². The Labute approximate surface area is 96.6 Å². The van der Waals surface area contributed by atoms with Gasteiger partial charge in [-0.25, -0.2) is 4.79 Å². The number of carbonyl (C=O) groups is 1. The first kappa shape index (κ1) is 14.5. The highest BCUT2D eigenvalue weighted by atomic mass is 32.2. The summed E-state index contributed by atoms with van der Waals surface area (Å²) in [6.45, 7) is 5.68. The summed E-state index contributed by atoms with van der Waals surface area (Å²) in [6, 6.07) is 0. The number of hydrogen-bond acceptors (Lipinski definition) is 4. The molecule has 1 N–H and O–H groups in total. The molecule has 0 radical (unpaired) electrons. The standard InChI is InChI=1S/C11H21NO2S/c1-9(11(13)14-3)5-7-12-8-6-10(2)15-4/h5,10,12H,6-8H2,1-4H3. The van der Waals surface area contributed by atoms with Crippen LogP contribution in [0.1, 0.15) is 20.3 Å². The Morgan fingerprint density at radius 1 is 1.60 bits per heavy atom. The summed E-state index contributed by atoms with van der Waals surface area (Å²) in [6.07, 6.45) is 5.12. The number of esters is 1. The fraction of sp³-hybridized carbons (Fsp3) is 0.727. The van der Waals surface area contributed by atoms with Gasteiger partial charge in [-0.05, 0) is 26.1 Å². The van der Waals surface area contributed by atoms with Crippen LogP contribution >= 0.6 is 11.8 Å². The molecule has 1 unspecified atom stereocenters. The summed E-state index contributed by atoms with van der Waals surface area (Å²) < 4.78 is 4.59. The monoisotopic (exact) mass is 231 g/mol. The third-order valence-corrected chi connectivity index (χ3v) is 3.23. The van der Waals surface area contributed by atoms with E-state index in [0.29, 0.717) is 10.8 Å². The highest BCUT2D eigenvalue weighted by Gasteiger charge is 2.01. The fourth-order valence-corrected chi connectivity index (χ4v) is 1.35. The molecule has 0 aliphatic rings. The highest BCUT2D eigenvalue weighted by Crippen LogP contribution is 2.07. The van der Waals surface area contributed by atoms with Crippen LogP contribution in [0.4, 0.5) is 0 Å². The molecule has 0 fully saturated rings. The minimum Gasteiger partial charge on any atom is -0.466 e. The van der Waals surface area contributed by atoms with Crippen molar-refractivity contribution in [2.75, 3.05) is 26.5 Å². The predicted molar refractivity (Wildman–Crippen MR) is 66.2 cm³/mol. The van der Waals surface area contributed by atoms with E-state index in [1.54, 1.807) is 6.92 Å². The number of carbonyl (C=O) groups excluding carboxylic acids is 1. The number of rotatable bonds is 7. The van der Waals surface area contributed by atoms with Crippen LogP contribution in [0.2, 0.25) is 0 Å². The predicted octanol–water partition coefficient (Wildman–Crippen LogP) is 1.84. The first-order chi connectivity index (χ1) is 7.11. The molecule has 0 rings (SSSR count). The molecule has 0 aromatic carbocycles. The van der Waals surface area contributed by atoms with Crippen molar-refractivity contribution in [2.45, 2.75) is 25.5 Å². The van der Waals surface area contributed by atoms with Gasteiger partial charge in [-0.15, -0.1) is 0 Å². The molecule has 0 aliphatic heterocycles. The number of methoxy groups -OCH3 is 1. The van der Waals surface area contributed by atoms with Crippen molar-refractivity contribution in [2.24, 2.45) is 0 Å². The molecule has 0 saturated carbocycles. The van der Waals surface area contributed by atoms with Gasteiger partial charge in [0.05, 0.1) is 7.11 Å². The number of thioether (sulfide) groups is 1. The van der Waals surface area contributed by atoms with Crippen molar-refractivity contribution in [1.82, 2.24) is 5.32 Å². The molecule has 0 bridgehead atoms. The number of ether oxygens (including phenoxy) is 1. The number of nitrogens with one attached hydrogen (secondary N) is 1. The first-order valence-electron chi connectivity index (χ1n) is 5.10. The van der Waals surface area contributed by atoms with Gasteiger partial charge in [-0.2, -0.15) is 11.8 Å². The summed E-state index contributed by atoms with van der Waals surface area (Å²) in [5, 5.41) is 3.95. The van der Waals surface area contributed by atoms with Crippen molar-refractivity contribution >= 4 is 17.7 Å². The second kappa shape index (κ2) is 8.80. The van der Waals surface area contributed by atoms with E-state index in [1.165, 1.54) is 7.11 Å². The van der Waals surface area contributed by atoms with E-state index < -0.39 is 0 Å². The van der Waals surface area contributed by atoms with Crippen LogP contribution in [-0.4, -0.2) is 37.7 Å². The van der Waals surface area contributed by atoms with Gasteiger partial charge in [0.25, 0.3) is 0 Å². The third-order valence-electron chi connectivity index (χ3n) is 2.19. The normalized spacial score (nSPS) is 13.7. The maximum atomic E-state index is 11.0. The van der Waals surface area contributed by atoms with E-state index in [4.69, 9.17) is 0 Å². The molecule has 0 amide bonds. The Balaban J connectivity index is 3.57. The van der Waals surface area contributed by atoms with E-state index in [1.807, 2.05) is 17.8 Å². The largest absolute Gasteiger partial charge is 0.466 e. The van der Waals surface area contributed by atoms with Gasteiger partial charge in [-0.3, -0.25) is 0 Å². The van der Waals surface area contributed by atoms with Crippen molar-refractivity contribution in [3.05, 3.63) is 11.6 Å². The first-order valence-corrected chi connectivity index (χ1v) is 6.39. The lowest BCUT2D eigenvalue weighted by atomic mass is 10.3. The summed E-state index contributed by atoms with van der Waals surface area (Å²) in [5.74, 6) is -0.255.